The summed E-state index contributed by atoms with van der Waals surface area (Å²) in [7, 11) is 0. The molecule has 1 aromatic heterocycles. The quantitative estimate of drug-likeness (QED) is 0.847. The maximum absolute atomic E-state index is 6.20. The van der Waals surface area contributed by atoms with Gasteiger partial charge in [-0.05, 0) is 37.6 Å². The number of nitrogens with zero attached hydrogens (tertiary/aromatic N) is 1. The van der Waals surface area contributed by atoms with Crippen molar-refractivity contribution in [1.82, 2.24) is 4.98 Å². The van der Waals surface area contributed by atoms with Crippen LogP contribution in [0, 0.1) is 0 Å². The van der Waals surface area contributed by atoms with Gasteiger partial charge in [-0.2, -0.15) is 0 Å². The largest absolute Gasteiger partial charge is 0.478 e. The van der Waals surface area contributed by atoms with E-state index in [1.165, 1.54) is 0 Å². The minimum atomic E-state index is 0.0551. The highest BCUT2D eigenvalue weighted by Gasteiger charge is 2.10. The zero-order valence-electron chi connectivity index (χ0n) is 11.4. The molecule has 0 amide bonds. The number of pyridine rings is 1. The van der Waals surface area contributed by atoms with Gasteiger partial charge in [0, 0.05) is 16.1 Å². The summed E-state index contributed by atoms with van der Waals surface area (Å²) in [6, 6.07) is 9.31. The van der Waals surface area contributed by atoms with Crippen molar-refractivity contribution < 1.29 is 4.74 Å². The second-order valence-electron chi connectivity index (χ2n) is 4.35. The number of benzene rings is 1. The van der Waals surface area contributed by atoms with Gasteiger partial charge < -0.3 is 10.1 Å². The molecule has 106 valence electrons. The highest BCUT2D eigenvalue weighted by molar-refractivity contribution is 6.35. The van der Waals surface area contributed by atoms with E-state index in [0.29, 0.717) is 22.5 Å². The number of hydrogen-bond acceptors (Lipinski definition) is 3. The summed E-state index contributed by atoms with van der Waals surface area (Å²) in [4.78, 5) is 4.21. The molecule has 0 aliphatic carbocycles. The Morgan fingerprint density at radius 3 is 2.65 bits per heavy atom. The summed E-state index contributed by atoms with van der Waals surface area (Å²) < 4.78 is 5.31. The van der Waals surface area contributed by atoms with Gasteiger partial charge in [0.1, 0.15) is 0 Å². The lowest BCUT2D eigenvalue weighted by Crippen LogP contribution is -2.07. The van der Waals surface area contributed by atoms with Crippen LogP contribution in [0.25, 0.3) is 0 Å². The van der Waals surface area contributed by atoms with Crippen LogP contribution in [-0.4, -0.2) is 11.6 Å². The smallest absolute Gasteiger partial charge is 0.213 e. The molecule has 0 bridgehead atoms. The Kier molecular flexibility index (Phi) is 5.10. The van der Waals surface area contributed by atoms with Crippen LogP contribution in [0.1, 0.15) is 25.5 Å². The number of ether oxygens (including phenoxy) is 1. The summed E-state index contributed by atoms with van der Waals surface area (Å²) in [5, 5.41) is 4.62. The first-order chi connectivity index (χ1) is 9.60. The third kappa shape index (κ3) is 3.78. The van der Waals surface area contributed by atoms with E-state index in [-0.39, 0.29) is 6.04 Å². The van der Waals surface area contributed by atoms with E-state index in [1.54, 1.807) is 12.3 Å². The predicted octanol–water partition coefficient (Wildman–Crippen LogP) is 4.96. The van der Waals surface area contributed by atoms with Crippen molar-refractivity contribution in [3.63, 3.8) is 0 Å². The first-order valence-corrected chi connectivity index (χ1v) is 7.16. The van der Waals surface area contributed by atoms with E-state index in [4.69, 9.17) is 27.9 Å². The second kappa shape index (κ2) is 6.82. The van der Waals surface area contributed by atoms with Crippen LogP contribution >= 0.6 is 23.2 Å². The van der Waals surface area contributed by atoms with Crippen LogP contribution in [0.5, 0.6) is 5.88 Å². The SMILES string of the molecule is CCOc1ccc(NC(C)c2ccc(Cl)cc2Cl)cn1. The number of aromatic nitrogens is 1. The predicted molar refractivity (Wildman–Crippen MR) is 83.9 cm³/mol. The fourth-order valence-corrected chi connectivity index (χ4v) is 2.45. The maximum atomic E-state index is 6.20. The molecular formula is C15H16Cl2N2O. The first kappa shape index (κ1) is 14.9. The van der Waals surface area contributed by atoms with Crippen LogP contribution in [0.4, 0.5) is 5.69 Å². The third-order valence-corrected chi connectivity index (χ3v) is 3.40. The lowest BCUT2D eigenvalue weighted by atomic mass is 10.1. The van der Waals surface area contributed by atoms with Crippen molar-refractivity contribution in [3.8, 4) is 5.88 Å². The molecule has 2 rings (SSSR count). The molecule has 1 atom stereocenters. The topological polar surface area (TPSA) is 34.1 Å². The molecule has 2 aromatic rings. The van der Waals surface area contributed by atoms with E-state index in [0.717, 1.165) is 11.3 Å². The van der Waals surface area contributed by atoms with Gasteiger partial charge in [-0.3, -0.25) is 0 Å². The van der Waals surface area contributed by atoms with E-state index >= 15 is 0 Å². The van der Waals surface area contributed by atoms with Crippen LogP contribution in [0.3, 0.4) is 0 Å². The van der Waals surface area contributed by atoms with Gasteiger partial charge in [0.25, 0.3) is 0 Å². The van der Waals surface area contributed by atoms with Gasteiger partial charge in [-0.25, -0.2) is 4.98 Å². The van der Waals surface area contributed by atoms with Gasteiger partial charge in [0.15, 0.2) is 0 Å². The van der Waals surface area contributed by atoms with Crippen molar-refractivity contribution in [2.45, 2.75) is 19.9 Å². The van der Waals surface area contributed by atoms with E-state index in [1.807, 2.05) is 38.1 Å². The minimum Gasteiger partial charge on any atom is -0.478 e. The molecule has 0 radical (unpaired) electrons. The Hall–Kier alpha value is -1.45. The Balaban J connectivity index is 2.08. The number of nitrogens with one attached hydrogen (secondary N) is 1. The molecule has 1 aromatic carbocycles. The highest BCUT2D eigenvalue weighted by atomic mass is 35.5. The molecule has 1 unspecified atom stereocenters. The maximum Gasteiger partial charge on any atom is 0.213 e. The number of halogens is 2. The number of anilines is 1. The van der Waals surface area contributed by atoms with Crippen LogP contribution < -0.4 is 10.1 Å². The molecule has 5 heteroatoms. The van der Waals surface area contributed by atoms with Crippen LogP contribution in [-0.2, 0) is 0 Å². The van der Waals surface area contributed by atoms with Crippen LogP contribution in [0.2, 0.25) is 10.0 Å². The lowest BCUT2D eigenvalue weighted by Gasteiger charge is -2.17. The van der Waals surface area contributed by atoms with Crippen molar-refractivity contribution in [2.24, 2.45) is 0 Å². The average molecular weight is 311 g/mol. The zero-order chi connectivity index (χ0) is 14.5. The van der Waals surface area contributed by atoms with Crippen LogP contribution in [0.15, 0.2) is 36.5 Å². The molecule has 0 saturated carbocycles. The molecule has 1 N–H and O–H groups in total. The zero-order valence-corrected chi connectivity index (χ0v) is 12.9. The van der Waals surface area contributed by atoms with Crippen molar-refractivity contribution in [3.05, 3.63) is 52.1 Å². The molecule has 20 heavy (non-hydrogen) atoms. The second-order valence-corrected chi connectivity index (χ2v) is 5.19. The van der Waals surface area contributed by atoms with Gasteiger partial charge in [-0.1, -0.05) is 29.3 Å². The third-order valence-electron chi connectivity index (χ3n) is 2.84. The Labute approximate surface area is 128 Å². The average Bonchev–Trinajstić information content (AvgIpc) is 2.41. The molecule has 0 spiro atoms. The van der Waals surface area contributed by atoms with Crippen molar-refractivity contribution in [1.29, 1.82) is 0 Å². The standard InChI is InChI=1S/C15H16Cl2N2O/c1-3-20-15-7-5-12(9-18-15)19-10(2)13-6-4-11(16)8-14(13)17/h4-10,19H,3H2,1-2H3. The fraction of sp³-hybridized carbons (Fsp3) is 0.267. The Morgan fingerprint density at radius 1 is 1.25 bits per heavy atom. The fourth-order valence-electron chi connectivity index (χ4n) is 1.88. The van der Waals surface area contributed by atoms with E-state index in [2.05, 4.69) is 10.3 Å². The molecule has 1 heterocycles. The van der Waals surface area contributed by atoms with Gasteiger partial charge >= 0.3 is 0 Å². The van der Waals surface area contributed by atoms with Gasteiger partial charge in [0.2, 0.25) is 5.88 Å². The lowest BCUT2D eigenvalue weighted by molar-refractivity contribution is 0.327. The van der Waals surface area contributed by atoms with Crippen molar-refractivity contribution in [2.75, 3.05) is 11.9 Å². The number of hydrogen-bond donors (Lipinski definition) is 1. The summed E-state index contributed by atoms with van der Waals surface area (Å²) >= 11 is 12.1. The summed E-state index contributed by atoms with van der Waals surface area (Å²) in [5.41, 5.74) is 1.90. The Bertz CT molecular complexity index is 573. The normalized spacial score (nSPS) is 12.0. The van der Waals surface area contributed by atoms with E-state index < -0.39 is 0 Å². The molecule has 0 aliphatic rings. The summed E-state index contributed by atoms with van der Waals surface area (Å²) in [6.07, 6.45) is 1.74. The molecule has 3 nitrogen and oxygen atoms in total. The Morgan fingerprint density at radius 2 is 2.05 bits per heavy atom. The van der Waals surface area contributed by atoms with E-state index in [9.17, 15) is 0 Å². The summed E-state index contributed by atoms with van der Waals surface area (Å²) in [6.45, 7) is 4.57. The first-order valence-electron chi connectivity index (χ1n) is 6.40. The van der Waals surface area contributed by atoms with Crippen molar-refractivity contribution >= 4 is 28.9 Å². The number of rotatable bonds is 5. The summed E-state index contributed by atoms with van der Waals surface area (Å²) in [5.74, 6) is 0.621. The van der Waals surface area contributed by atoms with Gasteiger partial charge in [0.05, 0.1) is 24.5 Å². The molecular weight excluding hydrogens is 295 g/mol. The van der Waals surface area contributed by atoms with Gasteiger partial charge in [-0.15, -0.1) is 0 Å². The molecule has 0 saturated heterocycles. The molecule has 0 aliphatic heterocycles. The monoisotopic (exact) mass is 310 g/mol. The molecule has 0 fully saturated rings. The minimum absolute atomic E-state index is 0.0551. The highest BCUT2D eigenvalue weighted by Crippen LogP contribution is 2.28.